The number of benzene rings is 2. The number of thiazole rings is 1. The van der Waals surface area contributed by atoms with Gasteiger partial charge in [-0.2, -0.15) is 9.78 Å². The van der Waals surface area contributed by atoms with Crippen molar-refractivity contribution in [1.82, 2.24) is 19.9 Å². The smallest absolute Gasteiger partial charge is 0.186 e. The molecule has 30 heavy (non-hydrogen) atoms. The van der Waals surface area contributed by atoms with Gasteiger partial charge in [-0.1, -0.05) is 72.0 Å². The molecule has 3 heterocycles. The van der Waals surface area contributed by atoms with E-state index in [1.54, 1.807) is 22.3 Å². The predicted molar refractivity (Wildman–Crippen MR) is 119 cm³/mol. The van der Waals surface area contributed by atoms with Gasteiger partial charge in [0.2, 0.25) is 0 Å². The number of hydrogen-bond donors (Lipinski definition) is 0. The fourth-order valence-corrected chi connectivity index (χ4v) is 4.31. The third-order valence-electron chi connectivity index (χ3n) is 4.83. The standard InChI is InChI=1S/C22H20N6OS/c1-3-7-17(8-4-1)20-19(30-22(25-20)27-11-13-29-14-12-27)15-24-28-16-23-26-21(28)18-9-5-2-6-10-18/h1-10,15-16H,11-14H2/b24-15-. The molecule has 1 fully saturated rings. The van der Waals surface area contributed by atoms with Crippen molar-refractivity contribution in [1.29, 1.82) is 0 Å². The average molecular weight is 417 g/mol. The molecule has 150 valence electrons. The lowest BCUT2D eigenvalue weighted by Gasteiger charge is -2.26. The van der Waals surface area contributed by atoms with Crippen LogP contribution in [0.25, 0.3) is 22.6 Å². The first-order valence-corrected chi connectivity index (χ1v) is 10.6. The summed E-state index contributed by atoms with van der Waals surface area (Å²) in [4.78, 5) is 8.21. The highest BCUT2D eigenvalue weighted by Gasteiger charge is 2.19. The van der Waals surface area contributed by atoms with E-state index >= 15 is 0 Å². The maximum Gasteiger partial charge on any atom is 0.186 e. The summed E-state index contributed by atoms with van der Waals surface area (Å²) in [7, 11) is 0. The normalized spacial score (nSPS) is 14.5. The van der Waals surface area contributed by atoms with Gasteiger partial charge in [0.15, 0.2) is 11.0 Å². The van der Waals surface area contributed by atoms with E-state index in [0.29, 0.717) is 5.82 Å². The van der Waals surface area contributed by atoms with Gasteiger partial charge in [-0.05, 0) is 0 Å². The van der Waals surface area contributed by atoms with Gasteiger partial charge in [-0.15, -0.1) is 10.2 Å². The van der Waals surface area contributed by atoms with Gasteiger partial charge in [-0.3, -0.25) is 0 Å². The molecule has 2 aromatic carbocycles. The number of aromatic nitrogens is 4. The zero-order valence-corrected chi connectivity index (χ0v) is 17.1. The Morgan fingerprint density at radius 3 is 2.37 bits per heavy atom. The lowest BCUT2D eigenvalue weighted by Crippen LogP contribution is -2.36. The Kier molecular flexibility index (Phi) is 5.32. The largest absolute Gasteiger partial charge is 0.378 e. The molecule has 0 N–H and O–H groups in total. The molecule has 7 nitrogen and oxygen atoms in total. The van der Waals surface area contributed by atoms with E-state index in [0.717, 1.165) is 53.1 Å². The van der Waals surface area contributed by atoms with Gasteiger partial charge in [0.1, 0.15) is 6.33 Å². The van der Waals surface area contributed by atoms with Gasteiger partial charge >= 0.3 is 0 Å². The van der Waals surface area contributed by atoms with Crippen LogP contribution in [0.5, 0.6) is 0 Å². The molecule has 1 saturated heterocycles. The molecule has 0 radical (unpaired) electrons. The van der Waals surface area contributed by atoms with Gasteiger partial charge < -0.3 is 9.64 Å². The summed E-state index contributed by atoms with van der Waals surface area (Å²) < 4.78 is 7.18. The van der Waals surface area contributed by atoms with Crippen LogP contribution in [0.4, 0.5) is 5.13 Å². The summed E-state index contributed by atoms with van der Waals surface area (Å²) in [6.07, 6.45) is 3.46. The van der Waals surface area contributed by atoms with Crippen molar-refractivity contribution >= 4 is 22.7 Å². The first kappa shape index (κ1) is 18.7. The third kappa shape index (κ3) is 3.87. The summed E-state index contributed by atoms with van der Waals surface area (Å²) in [5.74, 6) is 0.700. The van der Waals surface area contributed by atoms with Crippen LogP contribution in [-0.2, 0) is 4.74 Å². The quantitative estimate of drug-likeness (QED) is 0.463. The molecule has 0 unspecified atom stereocenters. The number of hydrogen-bond acceptors (Lipinski definition) is 7. The fourth-order valence-electron chi connectivity index (χ4n) is 3.31. The monoisotopic (exact) mass is 416 g/mol. The first-order chi connectivity index (χ1) is 14.9. The molecule has 0 amide bonds. The number of nitrogens with zero attached hydrogens (tertiary/aromatic N) is 6. The minimum absolute atomic E-state index is 0.700. The number of rotatable bonds is 5. The lowest BCUT2D eigenvalue weighted by molar-refractivity contribution is 0.122. The number of ether oxygens (including phenoxy) is 1. The Bertz CT molecular complexity index is 1130. The van der Waals surface area contributed by atoms with E-state index in [1.165, 1.54) is 0 Å². The van der Waals surface area contributed by atoms with Crippen molar-refractivity contribution in [2.45, 2.75) is 0 Å². The highest BCUT2D eigenvalue weighted by Crippen LogP contribution is 2.32. The van der Waals surface area contributed by atoms with E-state index in [2.05, 4.69) is 32.3 Å². The van der Waals surface area contributed by atoms with Crippen LogP contribution in [-0.4, -0.2) is 52.4 Å². The van der Waals surface area contributed by atoms with E-state index in [4.69, 9.17) is 9.72 Å². The van der Waals surface area contributed by atoms with Crippen LogP contribution in [0.1, 0.15) is 4.88 Å². The van der Waals surface area contributed by atoms with Crippen molar-refractivity contribution < 1.29 is 4.74 Å². The van der Waals surface area contributed by atoms with Crippen LogP contribution in [0.2, 0.25) is 0 Å². The van der Waals surface area contributed by atoms with Crippen molar-refractivity contribution in [3.05, 3.63) is 71.9 Å². The Balaban J connectivity index is 1.51. The average Bonchev–Trinajstić information content (AvgIpc) is 3.47. The molecule has 0 aliphatic carbocycles. The van der Waals surface area contributed by atoms with Gasteiger partial charge in [0.05, 0.1) is 30.0 Å². The molecule has 0 atom stereocenters. The van der Waals surface area contributed by atoms with Crippen LogP contribution in [0, 0.1) is 0 Å². The maximum atomic E-state index is 5.49. The zero-order valence-electron chi connectivity index (χ0n) is 16.3. The van der Waals surface area contributed by atoms with Crippen molar-refractivity contribution in [3.8, 4) is 22.6 Å². The van der Waals surface area contributed by atoms with Crippen LogP contribution >= 0.6 is 11.3 Å². The van der Waals surface area contributed by atoms with Gasteiger partial charge in [0, 0.05) is 24.2 Å². The maximum absolute atomic E-state index is 5.49. The molecule has 0 bridgehead atoms. The first-order valence-electron chi connectivity index (χ1n) is 9.77. The van der Waals surface area contributed by atoms with E-state index < -0.39 is 0 Å². The second-order valence-corrected chi connectivity index (χ2v) is 7.79. The predicted octanol–water partition coefficient (Wildman–Crippen LogP) is 3.79. The molecular weight excluding hydrogens is 396 g/mol. The minimum atomic E-state index is 0.700. The topological polar surface area (TPSA) is 68.4 Å². The highest BCUT2D eigenvalue weighted by atomic mass is 32.1. The third-order valence-corrected chi connectivity index (χ3v) is 5.88. The Hall–Kier alpha value is -3.36. The Morgan fingerprint density at radius 1 is 0.933 bits per heavy atom. The summed E-state index contributed by atoms with van der Waals surface area (Å²) in [6.45, 7) is 3.15. The molecule has 1 aliphatic rings. The Morgan fingerprint density at radius 2 is 1.63 bits per heavy atom. The molecule has 4 aromatic rings. The van der Waals surface area contributed by atoms with Crippen molar-refractivity contribution in [3.63, 3.8) is 0 Å². The van der Waals surface area contributed by atoms with Crippen LogP contribution in [0.15, 0.2) is 72.1 Å². The van der Waals surface area contributed by atoms with Gasteiger partial charge in [0.25, 0.3) is 0 Å². The lowest BCUT2D eigenvalue weighted by atomic mass is 10.1. The Labute approximate surface area is 178 Å². The van der Waals surface area contributed by atoms with Crippen LogP contribution in [0.3, 0.4) is 0 Å². The van der Waals surface area contributed by atoms with Crippen molar-refractivity contribution in [2.24, 2.45) is 5.10 Å². The van der Waals surface area contributed by atoms with Crippen molar-refractivity contribution in [2.75, 3.05) is 31.2 Å². The second-order valence-electron chi connectivity index (χ2n) is 6.78. The summed E-state index contributed by atoms with van der Waals surface area (Å²) in [6, 6.07) is 20.1. The summed E-state index contributed by atoms with van der Waals surface area (Å²) in [5.41, 5.74) is 2.97. The van der Waals surface area contributed by atoms with E-state index in [9.17, 15) is 0 Å². The molecule has 0 spiro atoms. The van der Waals surface area contributed by atoms with E-state index in [-0.39, 0.29) is 0 Å². The minimum Gasteiger partial charge on any atom is -0.378 e. The molecule has 5 rings (SSSR count). The van der Waals surface area contributed by atoms with Gasteiger partial charge in [-0.25, -0.2) is 4.98 Å². The number of morpholine rings is 1. The molecule has 2 aromatic heterocycles. The molecule has 8 heteroatoms. The summed E-state index contributed by atoms with van der Waals surface area (Å²) >= 11 is 1.64. The zero-order chi connectivity index (χ0) is 20.2. The highest BCUT2D eigenvalue weighted by molar-refractivity contribution is 7.17. The van der Waals surface area contributed by atoms with Crippen LogP contribution < -0.4 is 4.90 Å². The SMILES string of the molecule is C(=N/n1cnnc1-c1ccccc1)/c1sc(N2CCOCC2)nc1-c1ccccc1. The fraction of sp³-hybridized carbons (Fsp3) is 0.182. The second kappa shape index (κ2) is 8.56. The number of anilines is 1. The summed E-state index contributed by atoms with van der Waals surface area (Å²) in [5, 5.41) is 13.9. The molecule has 0 saturated carbocycles. The molecular formula is C22H20N6OS. The van der Waals surface area contributed by atoms with E-state index in [1.807, 2.05) is 54.7 Å². The molecule has 1 aliphatic heterocycles.